The number of benzene rings is 1. The summed E-state index contributed by atoms with van der Waals surface area (Å²) in [5, 5.41) is 6.73. The van der Waals surface area contributed by atoms with Gasteiger partial charge in [0.05, 0.1) is 0 Å². The monoisotopic (exact) mass is 188 g/mol. The van der Waals surface area contributed by atoms with Crippen LogP contribution in [0.3, 0.4) is 0 Å². The van der Waals surface area contributed by atoms with Gasteiger partial charge in [0.1, 0.15) is 5.52 Å². The highest BCUT2D eigenvalue weighted by Crippen LogP contribution is 2.18. The predicted molar refractivity (Wildman–Crippen MR) is 37.6 cm³/mol. The number of rotatable bonds is 0. The molecular formula is C6H3F3N4. The molecule has 2 aromatic rings. The lowest BCUT2D eigenvalue weighted by molar-refractivity contribution is 0.452. The molecule has 0 spiro atoms. The van der Waals surface area contributed by atoms with Gasteiger partial charge in [-0.15, -0.1) is 10.2 Å². The van der Waals surface area contributed by atoms with E-state index < -0.39 is 17.5 Å². The van der Waals surface area contributed by atoms with E-state index in [-0.39, 0.29) is 11.0 Å². The molecule has 0 unspecified atom stereocenters. The van der Waals surface area contributed by atoms with Gasteiger partial charge in [-0.2, -0.15) is 0 Å². The molecule has 0 aliphatic rings. The van der Waals surface area contributed by atoms with E-state index in [2.05, 4.69) is 10.2 Å². The second kappa shape index (κ2) is 2.35. The van der Waals surface area contributed by atoms with Gasteiger partial charge in [-0.05, 0) is 0 Å². The van der Waals surface area contributed by atoms with Crippen LogP contribution in [0.4, 0.5) is 13.2 Å². The fraction of sp³-hybridized carbons (Fsp3) is 0. The SMILES string of the molecule is Nn1nc2cc(F)c(F)c(F)c2n1. The lowest BCUT2D eigenvalue weighted by atomic mass is 10.3. The molecule has 0 amide bonds. The van der Waals surface area contributed by atoms with Crippen molar-refractivity contribution in [1.82, 2.24) is 15.1 Å². The van der Waals surface area contributed by atoms with Crippen LogP contribution in [0.1, 0.15) is 0 Å². The Hall–Kier alpha value is -1.79. The number of halogens is 3. The minimum atomic E-state index is -1.58. The zero-order valence-corrected chi connectivity index (χ0v) is 6.13. The highest BCUT2D eigenvalue weighted by Gasteiger charge is 2.16. The summed E-state index contributed by atoms with van der Waals surface area (Å²) < 4.78 is 38.1. The van der Waals surface area contributed by atoms with E-state index >= 15 is 0 Å². The molecule has 7 heteroatoms. The summed E-state index contributed by atoms with van der Waals surface area (Å²) in [6.45, 7) is 0. The first kappa shape index (κ1) is 7.84. The molecular weight excluding hydrogens is 185 g/mol. The standard InChI is InChI=1S/C6H3F3N4/c7-2-1-3-6(5(9)4(2)8)12-13(10)11-3/h1H,10H2. The van der Waals surface area contributed by atoms with Crippen molar-refractivity contribution >= 4 is 11.0 Å². The molecule has 0 saturated carbocycles. The Morgan fingerprint density at radius 1 is 1.15 bits per heavy atom. The Morgan fingerprint density at radius 3 is 2.54 bits per heavy atom. The molecule has 0 radical (unpaired) electrons. The number of nitrogens with zero attached hydrogens (tertiary/aromatic N) is 3. The van der Waals surface area contributed by atoms with E-state index in [1.54, 1.807) is 0 Å². The molecule has 2 rings (SSSR count). The zero-order chi connectivity index (χ0) is 9.59. The summed E-state index contributed by atoms with van der Waals surface area (Å²) in [7, 11) is 0. The fourth-order valence-electron chi connectivity index (χ4n) is 0.980. The molecule has 0 bridgehead atoms. The van der Waals surface area contributed by atoms with Crippen molar-refractivity contribution in [2.45, 2.75) is 0 Å². The first-order chi connectivity index (χ1) is 6.09. The third-order valence-electron chi connectivity index (χ3n) is 1.53. The van der Waals surface area contributed by atoms with Crippen molar-refractivity contribution in [1.29, 1.82) is 0 Å². The van der Waals surface area contributed by atoms with Gasteiger partial charge in [-0.1, -0.05) is 4.91 Å². The minimum Gasteiger partial charge on any atom is -0.306 e. The smallest absolute Gasteiger partial charge is 0.196 e. The topological polar surface area (TPSA) is 56.7 Å². The van der Waals surface area contributed by atoms with Gasteiger partial charge >= 0.3 is 0 Å². The largest absolute Gasteiger partial charge is 0.306 e. The summed E-state index contributed by atoms with van der Waals surface area (Å²) in [6.07, 6.45) is 0. The van der Waals surface area contributed by atoms with Crippen molar-refractivity contribution in [2.24, 2.45) is 0 Å². The number of fused-ring (bicyclic) bond motifs is 1. The van der Waals surface area contributed by atoms with Gasteiger partial charge in [-0.3, -0.25) is 0 Å². The summed E-state index contributed by atoms with van der Waals surface area (Å²) in [5.74, 6) is 0.770. The normalized spacial score (nSPS) is 11.0. The van der Waals surface area contributed by atoms with Crippen LogP contribution in [0.15, 0.2) is 6.07 Å². The van der Waals surface area contributed by atoms with Crippen LogP contribution in [0.2, 0.25) is 0 Å². The summed E-state index contributed by atoms with van der Waals surface area (Å²) >= 11 is 0. The molecule has 1 heterocycles. The molecule has 4 nitrogen and oxygen atoms in total. The van der Waals surface area contributed by atoms with Crippen LogP contribution in [-0.2, 0) is 0 Å². The van der Waals surface area contributed by atoms with Crippen LogP contribution in [-0.4, -0.2) is 15.1 Å². The molecule has 0 saturated heterocycles. The van der Waals surface area contributed by atoms with Crippen molar-refractivity contribution in [3.05, 3.63) is 23.5 Å². The molecule has 13 heavy (non-hydrogen) atoms. The maximum atomic E-state index is 12.9. The van der Waals surface area contributed by atoms with Gasteiger partial charge in [0, 0.05) is 6.07 Å². The van der Waals surface area contributed by atoms with E-state index in [1.165, 1.54) is 0 Å². The van der Waals surface area contributed by atoms with Crippen LogP contribution < -0.4 is 5.84 Å². The minimum absolute atomic E-state index is 0.126. The second-order valence-corrected chi connectivity index (χ2v) is 2.37. The molecule has 68 valence electrons. The predicted octanol–water partition coefficient (Wildman–Crippen LogP) is 0.562. The van der Waals surface area contributed by atoms with E-state index in [9.17, 15) is 13.2 Å². The maximum Gasteiger partial charge on any atom is 0.196 e. The van der Waals surface area contributed by atoms with Crippen LogP contribution in [0, 0.1) is 17.5 Å². The maximum absolute atomic E-state index is 12.9. The third-order valence-corrected chi connectivity index (χ3v) is 1.53. The Balaban J connectivity index is 2.92. The molecule has 0 aliphatic heterocycles. The molecule has 0 atom stereocenters. The van der Waals surface area contributed by atoms with Crippen molar-refractivity contribution in [3.8, 4) is 0 Å². The van der Waals surface area contributed by atoms with Crippen molar-refractivity contribution in [2.75, 3.05) is 5.84 Å². The van der Waals surface area contributed by atoms with Gasteiger partial charge in [0.25, 0.3) is 0 Å². The molecule has 2 N–H and O–H groups in total. The van der Waals surface area contributed by atoms with Crippen molar-refractivity contribution in [3.63, 3.8) is 0 Å². The van der Waals surface area contributed by atoms with Crippen LogP contribution in [0.25, 0.3) is 11.0 Å². The number of nitrogens with two attached hydrogens (primary N) is 1. The molecule has 0 fully saturated rings. The Labute approximate surface area is 69.7 Å². The Kier molecular flexibility index (Phi) is 1.42. The van der Waals surface area contributed by atoms with E-state index in [0.29, 0.717) is 4.91 Å². The third kappa shape index (κ3) is 1.00. The zero-order valence-electron chi connectivity index (χ0n) is 6.13. The van der Waals surface area contributed by atoms with Gasteiger partial charge in [0.15, 0.2) is 23.0 Å². The lowest BCUT2D eigenvalue weighted by Crippen LogP contribution is -2.11. The molecule has 1 aromatic carbocycles. The first-order valence-corrected chi connectivity index (χ1v) is 3.25. The van der Waals surface area contributed by atoms with Gasteiger partial charge in [-0.25, -0.2) is 13.2 Å². The summed E-state index contributed by atoms with van der Waals surface area (Å²) in [6, 6.07) is 0.726. The van der Waals surface area contributed by atoms with Gasteiger partial charge < -0.3 is 5.84 Å². The van der Waals surface area contributed by atoms with Gasteiger partial charge in [0.2, 0.25) is 0 Å². The van der Waals surface area contributed by atoms with E-state index in [0.717, 1.165) is 6.07 Å². The number of hydrogen-bond donors (Lipinski definition) is 1. The number of nitrogen functional groups attached to an aromatic ring is 1. The molecule has 0 aliphatic carbocycles. The number of hydrogen-bond acceptors (Lipinski definition) is 3. The van der Waals surface area contributed by atoms with Crippen molar-refractivity contribution < 1.29 is 13.2 Å². The average molecular weight is 188 g/mol. The quantitative estimate of drug-likeness (QED) is 0.485. The van der Waals surface area contributed by atoms with E-state index in [4.69, 9.17) is 5.84 Å². The average Bonchev–Trinajstić information content (AvgIpc) is 2.42. The Morgan fingerprint density at radius 2 is 1.85 bits per heavy atom. The highest BCUT2D eigenvalue weighted by molar-refractivity contribution is 5.74. The van der Waals surface area contributed by atoms with E-state index in [1.807, 2.05) is 0 Å². The highest BCUT2D eigenvalue weighted by atomic mass is 19.2. The number of aromatic nitrogens is 3. The summed E-state index contributed by atoms with van der Waals surface area (Å²) in [4.78, 5) is 0.548. The summed E-state index contributed by atoms with van der Waals surface area (Å²) in [5.41, 5.74) is -0.514. The van der Waals surface area contributed by atoms with Crippen LogP contribution in [0.5, 0.6) is 0 Å². The van der Waals surface area contributed by atoms with Crippen LogP contribution >= 0.6 is 0 Å². The fourth-order valence-corrected chi connectivity index (χ4v) is 0.980. The second-order valence-electron chi connectivity index (χ2n) is 2.37. The lowest BCUT2D eigenvalue weighted by Gasteiger charge is -1.92. The first-order valence-electron chi connectivity index (χ1n) is 3.25. The Bertz CT molecular complexity index is 478. The molecule has 1 aromatic heterocycles.